The van der Waals surface area contributed by atoms with Crippen molar-refractivity contribution in [3.63, 3.8) is 0 Å². The zero-order valence-corrected chi connectivity index (χ0v) is 13.3. The topological polar surface area (TPSA) is 45.9 Å². The van der Waals surface area contributed by atoms with Gasteiger partial charge >= 0.3 is 0 Å². The number of aryl methyl sites for hydroxylation is 2. The standard InChI is InChI=1S/C17H17ClN2O/c1-10(2)14-8-16(11(3)7-15(14)18)21-17-13(9-19)6-5-12(4)20-17/h5-8,10H,1-4H3. The first kappa shape index (κ1) is 15.3. The molecule has 0 aliphatic carbocycles. The van der Waals surface area contributed by atoms with Crippen molar-refractivity contribution in [3.8, 4) is 17.7 Å². The third-order valence-corrected chi connectivity index (χ3v) is 3.57. The highest BCUT2D eigenvalue weighted by atomic mass is 35.5. The number of ether oxygens (including phenoxy) is 1. The van der Waals surface area contributed by atoms with E-state index < -0.39 is 0 Å². The normalized spacial score (nSPS) is 10.5. The molecular formula is C17H17ClN2O. The molecule has 3 nitrogen and oxygen atoms in total. The molecular weight excluding hydrogens is 284 g/mol. The highest BCUT2D eigenvalue weighted by Crippen LogP contribution is 2.34. The fourth-order valence-corrected chi connectivity index (χ4v) is 2.46. The second kappa shape index (κ2) is 6.15. The Morgan fingerprint density at radius 2 is 1.95 bits per heavy atom. The van der Waals surface area contributed by atoms with E-state index in [1.807, 2.05) is 26.0 Å². The minimum absolute atomic E-state index is 0.293. The number of halogens is 1. The van der Waals surface area contributed by atoms with Crippen molar-refractivity contribution in [1.82, 2.24) is 4.98 Å². The zero-order valence-electron chi connectivity index (χ0n) is 12.6. The smallest absolute Gasteiger partial charge is 0.237 e. The van der Waals surface area contributed by atoms with Crippen LogP contribution in [0.3, 0.4) is 0 Å². The average molecular weight is 301 g/mol. The van der Waals surface area contributed by atoms with Gasteiger partial charge in [-0.3, -0.25) is 0 Å². The van der Waals surface area contributed by atoms with Gasteiger partial charge in [-0.05, 0) is 55.2 Å². The monoisotopic (exact) mass is 300 g/mol. The molecule has 0 unspecified atom stereocenters. The number of nitrogens with zero attached hydrogens (tertiary/aromatic N) is 2. The summed E-state index contributed by atoms with van der Waals surface area (Å²) in [6.45, 7) is 7.94. The lowest BCUT2D eigenvalue weighted by Gasteiger charge is -2.14. The van der Waals surface area contributed by atoms with E-state index in [1.54, 1.807) is 12.1 Å². The Hall–Kier alpha value is -2.05. The highest BCUT2D eigenvalue weighted by Gasteiger charge is 2.13. The molecule has 0 atom stereocenters. The summed E-state index contributed by atoms with van der Waals surface area (Å²) < 4.78 is 5.87. The van der Waals surface area contributed by atoms with Gasteiger partial charge in [0.2, 0.25) is 5.88 Å². The Morgan fingerprint density at radius 3 is 2.57 bits per heavy atom. The lowest BCUT2D eigenvalue weighted by atomic mass is 10.0. The van der Waals surface area contributed by atoms with Gasteiger partial charge in [-0.2, -0.15) is 5.26 Å². The van der Waals surface area contributed by atoms with E-state index in [2.05, 4.69) is 24.9 Å². The number of benzene rings is 1. The fourth-order valence-electron chi connectivity index (χ4n) is 2.02. The number of nitriles is 1. The first-order valence-electron chi connectivity index (χ1n) is 6.78. The number of aromatic nitrogens is 1. The summed E-state index contributed by atoms with van der Waals surface area (Å²) in [6.07, 6.45) is 0. The summed E-state index contributed by atoms with van der Waals surface area (Å²) in [5.41, 5.74) is 3.15. The number of rotatable bonds is 3. The quantitative estimate of drug-likeness (QED) is 0.788. The summed E-state index contributed by atoms with van der Waals surface area (Å²) in [7, 11) is 0. The molecule has 0 saturated heterocycles. The molecule has 0 fully saturated rings. The van der Waals surface area contributed by atoms with Crippen molar-refractivity contribution in [2.75, 3.05) is 0 Å². The highest BCUT2D eigenvalue weighted by molar-refractivity contribution is 6.31. The van der Waals surface area contributed by atoms with Crippen LogP contribution in [0, 0.1) is 25.2 Å². The van der Waals surface area contributed by atoms with Crippen molar-refractivity contribution in [2.24, 2.45) is 0 Å². The van der Waals surface area contributed by atoms with Crippen LogP contribution in [0.15, 0.2) is 24.3 Å². The molecule has 21 heavy (non-hydrogen) atoms. The molecule has 1 heterocycles. The van der Waals surface area contributed by atoms with E-state index >= 15 is 0 Å². The summed E-state index contributed by atoms with van der Waals surface area (Å²) in [6, 6.07) is 9.41. The third kappa shape index (κ3) is 3.34. The second-order valence-electron chi connectivity index (χ2n) is 5.31. The van der Waals surface area contributed by atoms with Crippen LogP contribution >= 0.6 is 11.6 Å². The minimum atomic E-state index is 0.293. The maximum atomic E-state index is 9.15. The lowest BCUT2D eigenvalue weighted by molar-refractivity contribution is 0.455. The van der Waals surface area contributed by atoms with Gasteiger partial charge < -0.3 is 4.74 Å². The van der Waals surface area contributed by atoms with Crippen LogP contribution in [0.2, 0.25) is 5.02 Å². The average Bonchev–Trinajstić information content (AvgIpc) is 2.41. The molecule has 0 bridgehead atoms. The molecule has 2 aromatic rings. The zero-order chi connectivity index (χ0) is 15.6. The molecule has 0 aliphatic heterocycles. The predicted molar refractivity (Wildman–Crippen MR) is 84.0 cm³/mol. The number of pyridine rings is 1. The molecule has 1 aromatic carbocycles. The molecule has 0 N–H and O–H groups in total. The van der Waals surface area contributed by atoms with Gasteiger partial charge in [0.25, 0.3) is 0 Å². The van der Waals surface area contributed by atoms with Crippen LogP contribution in [-0.4, -0.2) is 4.98 Å². The van der Waals surface area contributed by atoms with E-state index in [9.17, 15) is 0 Å². The van der Waals surface area contributed by atoms with Gasteiger partial charge in [-0.1, -0.05) is 25.4 Å². The van der Waals surface area contributed by atoms with Crippen LogP contribution in [0.1, 0.15) is 42.1 Å². The van der Waals surface area contributed by atoms with Gasteiger partial charge in [0, 0.05) is 10.7 Å². The second-order valence-corrected chi connectivity index (χ2v) is 5.72. The first-order valence-corrected chi connectivity index (χ1v) is 7.15. The van der Waals surface area contributed by atoms with Crippen LogP contribution in [0.25, 0.3) is 0 Å². The Labute approximate surface area is 130 Å². The fraction of sp³-hybridized carbons (Fsp3) is 0.294. The molecule has 0 spiro atoms. The number of hydrogen-bond acceptors (Lipinski definition) is 3. The molecule has 4 heteroatoms. The first-order chi connectivity index (χ1) is 9.92. The minimum Gasteiger partial charge on any atom is -0.437 e. The lowest BCUT2D eigenvalue weighted by Crippen LogP contribution is -1.98. The molecule has 0 radical (unpaired) electrons. The van der Waals surface area contributed by atoms with Crippen LogP contribution in [0.5, 0.6) is 11.6 Å². The Bertz CT molecular complexity index is 717. The van der Waals surface area contributed by atoms with E-state index in [0.717, 1.165) is 21.8 Å². The Balaban J connectivity index is 2.47. The molecule has 2 rings (SSSR count). The van der Waals surface area contributed by atoms with Crippen LogP contribution in [0.4, 0.5) is 0 Å². The van der Waals surface area contributed by atoms with Gasteiger partial charge in [0.15, 0.2) is 0 Å². The SMILES string of the molecule is Cc1ccc(C#N)c(Oc2cc(C(C)C)c(Cl)cc2C)n1. The predicted octanol–water partition coefficient (Wildman–Crippen LogP) is 5.14. The van der Waals surface area contributed by atoms with E-state index in [1.165, 1.54) is 0 Å². The van der Waals surface area contributed by atoms with Crippen molar-refractivity contribution < 1.29 is 4.74 Å². The molecule has 108 valence electrons. The largest absolute Gasteiger partial charge is 0.437 e. The van der Waals surface area contributed by atoms with Crippen molar-refractivity contribution >= 4 is 11.6 Å². The summed E-state index contributed by atoms with van der Waals surface area (Å²) in [5, 5.41) is 9.88. The van der Waals surface area contributed by atoms with E-state index in [-0.39, 0.29) is 0 Å². The van der Waals surface area contributed by atoms with E-state index in [0.29, 0.717) is 23.1 Å². The summed E-state index contributed by atoms with van der Waals surface area (Å²) in [4.78, 5) is 4.30. The van der Waals surface area contributed by atoms with Gasteiger partial charge in [0.05, 0.1) is 0 Å². The van der Waals surface area contributed by atoms with Crippen LogP contribution in [-0.2, 0) is 0 Å². The Kier molecular flexibility index (Phi) is 4.50. The summed E-state index contributed by atoms with van der Waals surface area (Å²) in [5.74, 6) is 1.30. The maximum absolute atomic E-state index is 9.15. The molecule has 1 aromatic heterocycles. The van der Waals surface area contributed by atoms with Crippen LogP contribution < -0.4 is 4.74 Å². The van der Waals surface area contributed by atoms with Gasteiger partial charge in [-0.25, -0.2) is 4.98 Å². The van der Waals surface area contributed by atoms with Crippen molar-refractivity contribution in [3.05, 3.63) is 51.7 Å². The maximum Gasteiger partial charge on any atom is 0.237 e. The third-order valence-electron chi connectivity index (χ3n) is 3.24. The number of hydrogen-bond donors (Lipinski definition) is 0. The molecule has 0 saturated carbocycles. The summed E-state index contributed by atoms with van der Waals surface area (Å²) >= 11 is 6.26. The van der Waals surface area contributed by atoms with Crippen molar-refractivity contribution in [2.45, 2.75) is 33.6 Å². The van der Waals surface area contributed by atoms with E-state index in [4.69, 9.17) is 21.6 Å². The van der Waals surface area contributed by atoms with Gasteiger partial charge in [0.1, 0.15) is 17.4 Å². The van der Waals surface area contributed by atoms with Crippen molar-refractivity contribution in [1.29, 1.82) is 5.26 Å². The molecule has 0 amide bonds. The Morgan fingerprint density at radius 1 is 1.24 bits per heavy atom. The van der Waals surface area contributed by atoms with Gasteiger partial charge in [-0.15, -0.1) is 0 Å². The molecule has 0 aliphatic rings.